The first-order valence-corrected chi connectivity index (χ1v) is 13.3. The lowest BCUT2D eigenvalue weighted by molar-refractivity contribution is -0.139. The molecule has 3 rings (SSSR count). The smallest absolute Gasteiger partial charge is 0.244 e. The molecule has 190 valence electrons. The number of benzene rings is 2. The highest BCUT2D eigenvalue weighted by Crippen LogP contribution is 2.36. The van der Waals surface area contributed by atoms with E-state index in [4.69, 9.17) is 32.7 Å². The van der Waals surface area contributed by atoms with Gasteiger partial charge in [-0.15, -0.1) is 0 Å². The number of hydrogen-bond acceptors (Lipinski definition) is 6. The van der Waals surface area contributed by atoms with Crippen LogP contribution in [0.1, 0.15) is 26.3 Å². The molecule has 0 radical (unpaired) electrons. The SMILES string of the molecule is CCNC(=O)[C@H](C)N(Cc1ccc(Cl)cc1Cl)C(=O)CN(c1ccc2c(c1)OCO2)S(=O)(=O)CC. The summed E-state index contributed by atoms with van der Waals surface area (Å²) >= 11 is 12.3. The van der Waals surface area contributed by atoms with Gasteiger partial charge in [0.2, 0.25) is 28.6 Å². The van der Waals surface area contributed by atoms with Gasteiger partial charge in [0.05, 0.1) is 11.4 Å². The van der Waals surface area contributed by atoms with Gasteiger partial charge in [-0.1, -0.05) is 29.3 Å². The van der Waals surface area contributed by atoms with Crippen LogP contribution in [0.4, 0.5) is 5.69 Å². The third-order valence-corrected chi connectivity index (χ3v) is 7.83. The number of amides is 2. The maximum atomic E-state index is 13.6. The largest absolute Gasteiger partial charge is 0.454 e. The molecule has 0 bridgehead atoms. The summed E-state index contributed by atoms with van der Waals surface area (Å²) < 4.78 is 37.6. The molecule has 1 aliphatic heterocycles. The predicted octanol–water partition coefficient (Wildman–Crippen LogP) is 3.43. The van der Waals surface area contributed by atoms with E-state index in [1.165, 1.54) is 17.9 Å². The van der Waals surface area contributed by atoms with Crippen LogP contribution in [0.3, 0.4) is 0 Å². The van der Waals surface area contributed by atoms with Crippen molar-refractivity contribution in [2.45, 2.75) is 33.4 Å². The molecule has 0 aromatic heterocycles. The second-order valence-corrected chi connectivity index (χ2v) is 10.8. The standard InChI is InChI=1S/C23H27Cl2N3O6S/c1-4-26-23(30)15(3)27(12-16-6-7-17(24)10-19(16)25)22(29)13-28(35(31,32)5-2)18-8-9-20-21(11-18)34-14-33-20/h6-11,15H,4-5,12-14H2,1-3H3,(H,26,30)/t15-/m0/s1. The lowest BCUT2D eigenvalue weighted by Crippen LogP contribution is -2.51. The summed E-state index contributed by atoms with van der Waals surface area (Å²) in [6.07, 6.45) is 0. The summed E-state index contributed by atoms with van der Waals surface area (Å²) in [7, 11) is -3.86. The van der Waals surface area contributed by atoms with Crippen LogP contribution in [0.15, 0.2) is 36.4 Å². The highest BCUT2D eigenvalue weighted by molar-refractivity contribution is 7.92. The number of nitrogens with zero attached hydrogens (tertiary/aromatic N) is 2. The number of fused-ring (bicyclic) bond motifs is 1. The Morgan fingerprint density at radius 1 is 1.09 bits per heavy atom. The van der Waals surface area contributed by atoms with Crippen LogP contribution in [0.25, 0.3) is 0 Å². The zero-order valence-electron chi connectivity index (χ0n) is 19.6. The van der Waals surface area contributed by atoms with Crippen LogP contribution >= 0.6 is 23.2 Å². The monoisotopic (exact) mass is 543 g/mol. The van der Waals surface area contributed by atoms with Crippen LogP contribution in [0.2, 0.25) is 10.0 Å². The first kappa shape index (κ1) is 26.9. The number of rotatable bonds is 10. The van der Waals surface area contributed by atoms with E-state index in [0.717, 1.165) is 4.31 Å². The quantitative estimate of drug-likeness (QED) is 0.492. The molecule has 12 heteroatoms. The molecule has 0 saturated carbocycles. The van der Waals surface area contributed by atoms with Crippen molar-refractivity contribution in [3.63, 3.8) is 0 Å². The van der Waals surface area contributed by atoms with Gasteiger partial charge < -0.3 is 19.7 Å². The minimum Gasteiger partial charge on any atom is -0.454 e. The van der Waals surface area contributed by atoms with Gasteiger partial charge in [0.25, 0.3) is 0 Å². The van der Waals surface area contributed by atoms with Crippen LogP contribution < -0.4 is 19.1 Å². The van der Waals surface area contributed by atoms with Gasteiger partial charge in [0.15, 0.2) is 11.5 Å². The summed E-state index contributed by atoms with van der Waals surface area (Å²) in [6, 6.07) is 8.58. The van der Waals surface area contributed by atoms with Gasteiger partial charge >= 0.3 is 0 Å². The maximum absolute atomic E-state index is 13.6. The summed E-state index contributed by atoms with van der Waals surface area (Å²) in [5, 5.41) is 3.45. The maximum Gasteiger partial charge on any atom is 0.244 e. The Morgan fingerprint density at radius 3 is 2.46 bits per heavy atom. The number of nitrogens with one attached hydrogen (secondary N) is 1. The first-order chi connectivity index (χ1) is 16.6. The fourth-order valence-corrected chi connectivity index (χ4v) is 5.02. The van der Waals surface area contributed by atoms with Crippen molar-refractivity contribution in [2.24, 2.45) is 0 Å². The molecule has 2 aromatic rings. The number of anilines is 1. The molecule has 9 nitrogen and oxygen atoms in total. The molecule has 35 heavy (non-hydrogen) atoms. The highest BCUT2D eigenvalue weighted by atomic mass is 35.5. The van der Waals surface area contributed by atoms with Crippen LogP contribution in [-0.2, 0) is 26.2 Å². The fourth-order valence-electron chi connectivity index (χ4n) is 3.50. The van der Waals surface area contributed by atoms with Crippen molar-refractivity contribution in [1.82, 2.24) is 10.2 Å². The van der Waals surface area contributed by atoms with Gasteiger partial charge in [-0.2, -0.15) is 0 Å². The number of sulfonamides is 1. The Balaban J connectivity index is 1.96. The van der Waals surface area contributed by atoms with Crippen molar-refractivity contribution >= 4 is 50.7 Å². The lowest BCUT2D eigenvalue weighted by Gasteiger charge is -2.32. The van der Waals surface area contributed by atoms with Gasteiger partial charge in [-0.05, 0) is 50.6 Å². The minimum atomic E-state index is -3.86. The van der Waals surface area contributed by atoms with Crippen molar-refractivity contribution in [3.05, 3.63) is 52.0 Å². The molecule has 0 aliphatic carbocycles. The second kappa shape index (κ2) is 11.4. The van der Waals surface area contributed by atoms with E-state index in [0.29, 0.717) is 33.7 Å². The average molecular weight is 544 g/mol. The number of hydrogen-bond donors (Lipinski definition) is 1. The highest BCUT2D eigenvalue weighted by Gasteiger charge is 2.32. The second-order valence-electron chi connectivity index (χ2n) is 7.77. The predicted molar refractivity (Wildman–Crippen MR) is 135 cm³/mol. The number of likely N-dealkylation sites (N-methyl/N-ethyl adjacent to an activating group) is 1. The average Bonchev–Trinajstić information content (AvgIpc) is 3.29. The molecular formula is C23H27Cl2N3O6S. The van der Waals surface area contributed by atoms with E-state index in [-0.39, 0.29) is 30.7 Å². The molecule has 1 N–H and O–H groups in total. The van der Waals surface area contributed by atoms with Crippen LogP contribution in [0.5, 0.6) is 11.5 Å². The van der Waals surface area contributed by atoms with Gasteiger partial charge in [0.1, 0.15) is 12.6 Å². The van der Waals surface area contributed by atoms with E-state index in [9.17, 15) is 18.0 Å². The Kier molecular flexibility index (Phi) is 8.74. The van der Waals surface area contributed by atoms with E-state index in [1.54, 1.807) is 44.2 Å². The number of carbonyl (C=O) groups is 2. The van der Waals surface area contributed by atoms with E-state index in [2.05, 4.69) is 5.32 Å². The number of ether oxygens (including phenoxy) is 2. The van der Waals surface area contributed by atoms with Gasteiger partial charge in [-0.25, -0.2) is 8.42 Å². The molecule has 1 aliphatic rings. The van der Waals surface area contributed by atoms with Crippen molar-refractivity contribution < 1.29 is 27.5 Å². The van der Waals surface area contributed by atoms with E-state index >= 15 is 0 Å². The molecule has 2 aromatic carbocycles. The van der Waals surface area contributed by atoms with Gasteiger partial charge in [0, 0.05) is 29.2 Å². The molecular weight excluding hydrogens is 517 g/mol. The Labute approximate surface area is 214 Å². The Bertz CT molecular complexity index is 1210. The number of carbonyl (C=O) groups excluding carboxylic acids is 2. The lowest BCUT2D eigenvalue weighted by atomic mass is 10.1. The molecule has 0 fully saturated rings. The Hall–Kier alpha value is -2.69. The van der Waals surface area contributed by atoms with E-state index < -0.39 is 28.5 Å². The Morgan fingerprint density at radius 2 is 1.80 bits per heavy atom. The molecule has 1 heterocycles. The molecule has 0 spiro atoms. The first-order valence-electron chi connectivity index (χ1n) is 11.0. The van der Waals surface area contributed by atoms with Gasteiger partial charge in [-0.3, -0.25) is 13.9 Å². The van der Waals surface area contributed by atoms with Crippen molar-refractivity contribution in [2.75, 3.05) is 29.9 Å². The fraction of sp³-hybridized carbons (Fsp3) is 0.391. The zero-order valence-corrected chi connectivity index (χ0v) is 21.9. The topological polar surface area (TPSA) is 105 Å². The third-order valence-electron chi connectivity index (χ3n) is 5.50. The van der Waals surface area contributed by atoms with Crippen molar-refractivity contribution in [1.29, 1.82) is 0 Å². The van der Waals surface area contributed by atoms with Crippen LogP contribution in [0, 0.1) is 0 Å². The minimum absolute atomic E-state index is 0.0196. The van der Waals surface area contributed by atoms with E-state index in [1.807, 2.05) is 0 Å². The van der Waals surface area contributed by atoms with Crippen molar-refractivity contribution in [3.8, 4) is 11.5 Å². The third kappa shape index (κ3) is 6.31. The molecule has 0 saturated heterocycles. The summed E-state index contributed by atoms with van der Waals surface area (Å²) in [5.41, 5.74) is 0.813. The zero-order chi connectivity index (χ0) is 25.8. The summed E-state index contributed by atoms with van der Waals surface area (Å²) in [5.74, 6) is -0.322. The molecule has 0 unspecified atom stereocenters. The number of halogens is 2. The summed E-state index contributed by atoms with van der Waals surface area (Å²) in [4.78, 5) is 27.5. The van der Waals surface area contributed by atoms with Crippen LogP contribution in [-0.4, -0.2) is 56.8 Å². The molecule has 1 atom stereocenters. The summed E-state index contributed by atoms with van der Waals surface area (Å²) in [6.45, 7) is 4.69. The normalized spacial score (nSPS) is 13.3. The molecule has 2 amide bonds.